The van der Waals surface area contributed by atoms with Crippen molar-refractivity contribution < 1.29 is 4.79 Å². The van der Waals surface area contributed by atoms with Gasteiger partial charge in [0, 0.05) is 5.54 Å². The highest BCUT2D eigenvalue weighted by molar-refractivity contribution is 5.82. The number of nitrogens with zero attached hydrogens (tertiary/aromatic N) is 1. The first-order valence-electron chi connectivity index (χ1n) is 9.23. The molecule has 118 valence electrons. The SMILES string of the molecule is CCCN1CCC[C@@H]1C(=O)NC12CC3CC(CC(C3)C1)C2. The summed E-state index contributed by atoms with van der Waals surface area (Å²) in [4.78, 5) is 15.3. The second-order valence-corrected chi connectivity index (χ2v) is 8.38. The number of nitrogens with one attached hydrogen (secondary N) is 1. The van der Waals surface area contributed by atoms with Crippen LogP contribution in [0.2, 0.25) is 0 Å². The highest BCUT2D eigenvalue weighted by Gasteiger charge is 2.52. The molecule has 1 amide bonds. The molecule has 4 bridgehead atoms. The Morgan fingerprint density at radius 1 is 1.14 bits per heavy atom. The van der Waals surface area contributed by atoms with Gasteiger partial charge in [0.15, 0.2) is 0 Å². The lowest BCUT2D eigenvalue weighted by molar-refractivity contribution is -0.131. The Morgan fingerprint density at radius 3 is 2.33 bits per heavy atom. The van der Waals surface area contributed by atoms with Crippen molar-refractivity contribution in [2.45, 2.75) is 76.3 Å². The van der Waals surface area contributed by atoms with Gasteiger partial charge in [-0.1, -0.05) is 6.92 Å². The van der Waals surface area contributed by atoms with Crippen LogP contribution < -0.4 is 5.32 Å². The third-order valence-corrected chi connectivity index (χ3v) is 6.60. The van der Waals surface area contributed by atoms with E-state index < -0.39 is 0 Å². The first-order chi connectivity index (χ1) is 10.2. The fourth-order valence-corrected chi connectivity index (χ4v) is 6.29. The minimum atomic E-state index is 0.165. The average Bonchev–Trinajstić information content (AvgIpc) is 2.85. The van der Waals surface area contributed by atoms with Gasteiger partial charge < -0.3 is 5.32 Å². The molecule has 3 heteroatoms. The van der Waals surface area contributed by atoms with E-state index in [1.54, 1.807) is 0 Å². The lowest BCUT2D eigenvalue weighted by Crippen LogP contribution is -2.62. The normalized spacial score (nSPS) is 45.2. The topological polar surface area (TPSA) is 32.3 Å². The smallest absolute Gasteiger partial charge is 0.237 e. The lowest BCUT2D eigenvalue weighted by Gasteiger charge is -2.57. The van der Waals surface area contributed by atoms with E-state index in [2.05, 4.69) is 17.1 Å². The lowest BCUT2D eigenvalue weighted by atomic mass is 9.53. The van der Waals surface area contributed by atoms with Crippen LogP contribution in [0.1, 0.15) is 64.7 Å². The Morgan fingerprint density at radius 2 is 1.76 bits per heavy atom. The molecule has 3 nitrogen and oxygen atoms in total. The van der Waals surface area contributed by atoms with E-state index in [0.29, 0.717) is 5.91 Å². The minimum absolute atomic E-state index is 0.165. The summed E-state index contributed by atoms with van der Waals surface area (Å²) in [5, 5.41) is 3.57. The Bertz CT molecular complexity index is 384. The first-order valence-corrected chi connectivity index (χ1v) is 9.23. The Kier molecular flexibility index (Phi) is 3.52. The third-order valence-electron chi connectivity index (χ3n) is 6.60. The van der Waals surface area contributed by atoms with E-state index in [1.807, 2.05) is 0 Å². The Hall–Kier alpha value is -0.570. The molecule has 0 spiro atoms. The van der Waals surface area contributed by atoms with Crippen LogP contribution in [0.15, 0.2) is 0 Å². The molecule has 5 aliphatic rings. The molecule has 5 rings (SSSR count). The summed E-state index contributed by atoms with van der Waals surface area (Å²) in [5.74, 6) is 3.08. The van der Waals surface area contributed by atoms with E-state index in [0.717, 1.165) is 43.7 Å². The number of hydrogen-bond acceptors (Lipinski definition) is 2. The molecule has 0 aromatic rings. The number of rotatable bonds is 4. The molecular formula is C18H30N2O. The predicted octanol–water partition coefficient (Wildman–Crippen LogP) is 2.95. The summed E-state index contributed by atoms with van der Waals surface area (Å²) in [5.41, 5.74) is 0.187. The van der Waals surface area contributed by atoms with Crippen molar-refractivity contribution in [3.8, 4) is 0 Å². The molecule has 0 aromatic carbocycles. The van der Waals surface area contributed by atoms with Gasteiger partial charge in [0.1, 0.15) is 0 Å². The van der Waals surface area contributed by atoms with Crippen LogP contribution in [0.3, 0.4) is 0 Å². The first kappa shape index (κ1) is 14.0. The third kappa shape index (κ3) is 2.52. The summed E-state index contributed by atoms with van der Waals surface area (Å²) < 4.78 is 0. The molecule has 0 aromatic heterocycles. The molecule has 4 aliphatic carbocycles. The molecule has 21 heavy (non-hydrogen) atoms. The van der Waals surface area contributed by atoms with E-state index in [-0.39, 0.29) is 11.6 Å². The van der Waals surface area contributed by atoms with Gasteiger partial charge in [-0.25, -0.2) is 0 Å². The van der Waals surface area contributed by atoms with Crippen molar-refractivity contribution in [3.05, 3.63) is 0 Å². The number of hydrogen-bond donors (Lipinski definition) is 1. The molecule has 5 fully saturated rings. The van der Waals surface area contributed by atoms with E-state index in [4.69, 9.17) is 0 Å². The van der Waals surface area contributed by atoms with Crippen LogP contribution in [0.25, 0.3) is 0 Å². The van der Waals surface area contributed by atoms with E-state index >= 15 is 0 Å². The fraction of sp³-hybridized carbons (Fsp3) is 0.944. The molecule has 1 atom stereocenters. The molecule has 1 aliphatic heterocycles. The summed E-state index contributed by atoms with van der Waals surface area (Å²) >= 11 is 0. The van der Waals surface area contributed by atoms with Gasteiger partial charge in [-0.2, -0.15) is 0 Å². The van der Waals surface area contributed by atoms with Crippen molar-refractivity contribution in [3.63, 3.8) is 0 Å². The zero-order valence-corrected chi connectivity index (χ0v) is 13.4. The van der Waals surface area contributed by atoms with Crippen molar-refractivity contribution in [1.82, 2.24) is 10.2 Å². The Labute approximate surface area is 128 Å². The second kappa shape index (κ2) is 5.26. The van der Waals surface area contributed by atoms with Gasteiger partial charge in [-0.05, 0) is 88.6 Å². The van der Waals surface area contributed by atoms with E-state index in [9.17, 15) is 4.79 Å². The van der Waals surface area contributed by atoms with Crippen molar-refractivity contribution >= 4 is 5.91 Å². The van der Waals surface area contributed by atoms with Gasteiger partial charge in [0.25, 0.3) is 0 Å². The summed E-state index contributed by atoms with van der Waals surface area (Å²) in [7, 11) is 0. The monoisotopic (exact) mass is 290 g/mol. The molecule has 0 unspecified atom stereocenters. The molecule has 1 N–H and O–H groups in total. The molecular weight excluding hydrogens is 260 g/mol. The van der Waals surface area contributed by atoms with Crippen LogP contribution in [0, 0.1) is 17.8 Å². The summed E-state index contributed by atoms with van der Waals surface area (Å²) in [6.45, 7) is 4.41. The fourth-order valence-electron chi connectivity index (χ4n) is 6.29. The average molecular weight is 290 g/mol. The van der Waals surface area contributed by atoms with Gasteiger partial charge in [-0.3, -0.25) is 9.69 Å². The van der Waals surface area contributed by atoms with Crippen LogP contribution in [0.4, 0.5) is 0 Å². The van der Waals surface area contributed by atoms with Crippen LogP contribution in [-0.2, 0) is 4.79 Å². The highest BCUT2D eigenvalue weighted by atomic mass is 16.2. The maximum Gasteiger partial charge on any atom is 0.237 e. The summed E-state index contributed by atoms with van der Waals surface area (Å²) in [6.07, 6.45) is 11.6. The van der Waals surface area contributed by atoms with E-state index in [1.165, 1.54) is 44.9 Å². The van der Waals surface area contributed by atoms with Gasteiger partial charge >= 0.3 is 0 Å². The van der Waals surface area contributed by atoms with Crippen LogP contribution in [0.5, 0.6) is 0 Å². The van der Waals surface area contributed by atoms with Crippen molar-refractivity contribution in [1.29, 1.82) is 0 Å². The Balaban J connectivity index is 1.44. The van der Waals surface area contributed by atoms with Crippen LogP contribution in [-0.4, -0.2) is 35.5 Å². The van der Waals surface area contributed by atoms with Crippen LogP contribution >= 0.6 is 0 Å². The second-order valence-electron chi connectivity index (χ2n) is 8.38. The number of likely N-dealkylation sites (tertiary alicyclic amines) is 1. The maximum atomic E-state index is 12.9. The summed E-state index contributed by atoms with van der Waals surface area (Å²) in [6, 6.07) is 0.165. The number of carbonyl (C=O) groups excluding carboxylic acids is 1. The zero-order chi connectivity index (χ0) is 14.4. The highest BCUT2D eigenvalue weighted by Crippen LogP contribution is 2.55. The quantitative estimate of drug-likeness (QED) is 0.863. The molecule has 1 heterocycles. The number of amides is 1. The molecule has 0 radical (unpaired) electrons. The maximum absolute atomic E-state index is 12.9. The van der Waals surface area contributed by atoms with Crippen molar-refractivity contribution in [2.75, 3.05) is 13.1 Å². The molecule has 4 saturated carbocycles. The predicted molar refractivity (Wildman–Crippen MR) is 83.9 cm³/mol. The number of carbonyl (C=O) groups is 1. The standard InChI is InChI=1S/C18H30N2O/c1-2-5-20-6-3-4-16(20)17(21)19-18-10-13-7-14(11-18)9-15(8-13)12-18/h13-16H,2-12H2,1H3,(H,19,21)/t13?,14?,15?,16-,18?/m1/s1. The van der Waals surface area contributed by atoms with Gasteiger partial charge in [0.05, 0.1) is 6.04 Å². The largest absolute Gasteiger partial charge is 0.349 e. The van der Waals surface area contributed by atoms with Gasteiger partial charge in [-0.15, -0.1) is 0 Å². The zero-order valence-electron chi connectivity index (χ0n) is 13.4. The van der Waals surface area contributed by atoms with Crippen molar-refractivity contribution in [2.24, 2.45) is 17.8 Å². The molecule has 1 saturated heterocycles. The minimum Gasteiger partial charge on any atom is -0.349 e. The van der Waals surface area contributed by atoms with Gasteiger partial charge in [0.2, 0.25) is 5.91 Å².